The van der Waals surface area contributed by atoms with E-state index in [4.69, 9.17) is 21.1 Å². The fourth-order valence-electron chi connectivity index (χ4n) is 1.75. The first-order valence-corrected chi connectivity index (χ1v) is 7.76. The molecule has 1 aromatic heterocycles. The van der Waals surface area contributed by atoms with Crippen molar-refractivity contribution in [3.63, 3.8) is 0 Å². The van der Waals surface area contributed by atoms with Gasteiger partial charge in [-0.25, -0.2) is 4.98 Å². The lowest BCUT2D eigenvalue weighted by Gasteiger charge is -2.09. The molecule has 2 rings (SSSR count). The van der Waals surface area contributed by atoms with E-state index in [0.29, 0.717) is 36.7 Å². The molecule has 0 aliphatic heterocycles. The molecule has 1 aliphatic rings. The van der Waals surface area contributed by atoms with Gasteiger partial charge in [-0.05, 0) is 25.3 Å². The number of pyridine rings is 1. The zero-order chi connectivity index (χ0) is 14.2. The lowest BCUT2D eigenvalue weighted by Crippen LogP contribution is -2.17. The molecule has 1 heterocycles. The third-order valence-corrected chi connectivity index (χ3v) is 3.49. The lowest BCUT2D eigenvalue weighted by atomic mass is 10.3. The van der Waals surface area contributed by atoms with E-state index in [-0.39, 0.29) is 0 Å². The molecule has 0 radical (unpaired) electrons. The Kier molecular flexibility index (Phi) is 6.57. The van der Waals surface area contributed by atoms with Gasteiger partial charge in [-0.3, -0.25) is 0 Å². The van der Waals surface area contributed by atoms with Crippen molar-refractivity contribution in [2.45, 2.75) is 45.2 Å². The van der Waals surface area contributed by atoms with E-state index >= 15 is 0 Å². The topological polar surface area (TPSA) is 43.4 Å². The van der Waals surface area contributed by atoms with Crippen molar-refractivity contribution in [3.05, 3.63) is 22.8 Å². The van der Waals surface area contributed by atoms with E-state index in [1.54, 1.807) is 6.07 Å². The summed E-state index contributed by atoms with van der Waals surface area (Å²) in [5.74, 6) is 0.612. The standard InChI is InChI=1S/C15H23ClN2O2/c1-2-3-8-19-9-10-20-15-7-6-13(16)14(18-15)11-17-12-4-5-12/h6-7,12,17H,2-5,8-11H2,1H3. The highest BCUT2D eigenvalue weighted by atomic mass is 35.5. The average Bonchev–Trinajstić information content (AvgIpc) is 3.27. The molecule has 0 unspecified atom stereocenters. The van der Waals surface area contributed by atoms with Crippen LogP contribution in [0.5, 0.6) is 5.88 Å². The molecule has 0 atom stereocenters. The molecule has 1 N–H and O–H groups in total. The van der Waals surface area contributed by atoms with Crippen molar-refractivity contribution >= 4 is 11.6 Å². The summed E-state index contributed by atoms with van der Waals surface area (Å²) in [5, 5.41) is 4.09. The van der Waals surface area contributed by atoms with Crippen molar-refractivity contribution in [3.8, 4) is 5.88 Å². The van der Waals surface area contributed by atoms with Gasteiger partial charge >= 0.3 is 0 Å². The normalized spacial score (nSPS) is 14.5. The molecule has 4 nitrogen and oxygen atoms in total. The van der Waals surface area contributed by atoms with Gasteiger partial charge in [0, 0.05) is 25.3 Å². The number of hydrogen-bond donors (Lipinski definition) is 1. The second-order valence-electron chi connectivity index (χ2n) is 5.05. The van der Waals surface area contributed by atoms with Gasteiger partial charge < -0.3 is 14.8 Å². The van der Waals surface area contributed by atoms with Crippen molar-refractivity contribution in [1.29, 1.82) is 0 Å². The second kappa shape index (κ2) is 8.45. The molecule has 112 valence electrons. The van der Waals surface area contributed by atoms with Crippen LogP contribution in [0.3, 0.4) is 0 Å². The Balaban J connectivity index is 1.71. The first-order valence-electron chi connectivity index (χ1n) is 7.39. The molecule has 0 bridgehead atoms. The van der Waals surface area contributed by atoms with Gasteiger partial charge in [0.1, 0.15) is 6.61 Å². The van der Waals surface area contributed by atoms with Crippen LogP contribution in [0, 0.1) is 0 Å². The maximum atomic E-state index is 6.14. The summed E-state index contributed by atoms with van der Waals surface area (Å²) in [5.41, 5.74) is 0.850. The molecule has 20 heavy (non-hydrogen) atoms. The summed E-state index contributed by atoms with van der Waals surface area (Å²) in [6, 6.07) is 4.28. The monoisotopic (exact) mass is 298 g/mol. The maximum Gasteiger partial charge on any atom is 0.213 e. The minimum atomic E-state index is 0.522. The van der Waals surface area contributed by atoms with E-state index in [1.807, 2.05) is 6.07 Å². The number of rotatable bonds is 10. The summed E-state index contributed by atoms with van der Waals surface area (Å²) in [4.78, 5) is 4.43. The highest BCUT2D eigenvalue weighted by Crippen LogP contribution is 2.22. The summed E-state index contributed by atoms with van der Waals surface area (Å²) in [6.45, 7) is 4.76. The fraction of sp³-hybridized carbons (Fsp3) is 0.667. The van der Waals surface area contributed by atoms with Crippen LogP contribution in [0.25, 0.3) is 0 Å². The van der Waals surface area contributed by atoms with E-state index in [2.05, 4.69) is 17.2 Å². The summed E-state index contributed by atoms with van der Waals surface area (Å²) in [6.07, 6.45) is 4.75. The molecule has 1 fully saturated rings. The van der Waals surface area contributed by atoms with Crippen LogP contribution in [-0.4, -0.2) is 30.8 Å². The van der Waals surface area contributed by atoms with Crippen molar-refractivity contribution in [2.75, 3.05) is 19.8 Å². The number of nitrogens with zero attached hydrogens (tertiary/aromatic N) is 1. The highest BCUT2D eigenvalue weighted by Gasteiger charge is 2.20. The van der Waals surface area contributed by atoms with Crippen molar-refractivity contribution in [1.82, 2.24) is 10.3 Å². The van der Waals surface area contributed by atoms with Gasteiger partial charge in [0.15, 0.2) is 0 Å². The van der Waals surface area contributed by atoms with Crippen LogP contribution in [0.4, 0.5) is 0 Å². The minimum absolute atomic E-state index is 0.522. The van der Waals surface area contributed by atoms with Crippen LogP contribution < -0.4 is 10.1 Å². The Morgan fingerprint density at radius 1 is 1.30 bits per heavy atom. The van der Waals surface area contributed by atoms with Crippen LogP contribution in [0.15, 0.2) is 12.1 Å². The number of halogens is 1. The van der Waals surface area contributed by atoms with Crippen LogP contribution >= 0.6 is 11.6 Å². The zero-order valence-electron chi connectivity index (χ0n) is 12.0. The predicted octanol–water partition coefficient (Wildman–Crippen LogP) is 3.18. The summed E-state index contributed by atoms with van der Waals surface area (Å²) >= 11 is 6.14. The van der Waals surface area contributed by atoms with Gasteiger partial charge in [-0.15, -0.1) is 0 Å². The van der Waals surface area contributed by atoms with Crippen LogP contribution in [0.2, 0.25) is 5.02 Å². The van der Waals surface area contributed by atoms with Crippen LogP contribution in [0.1, 0.15) is 38.3 Å². The van der Waals surface area contributed by atoms with Gasteiger partial charge in [0.05, 0.1) is 17.3 Å². The third kappa shape index (κ3) is 5.65. The smallest absolute Gasteiger partial charge is 0.213 e. The van der Waals surface area contributed by atoms with E-state index < -0.39 is 0 Å². The molecular weight excluding hydrogens is 276 g/mol. The molecule has 1 aliphatic carbocycles. The van der Waals surface area contributed by atoms with E-state index in [1.165, 1.54) is 12.8 Å². The van der Waals surface area contributed by atoms with Gasteiger partial charge in [-0.2, -0.15) is 0 Å². The number of unbranched alkanes of at least 4 members (excludes halogenated alkanes) is 1. The largest absolute Gasteiger partial charge is 0.475 e. The van der Waals surface area contributed by atoms with Gasteiger partial charge in [0.2, 0.25) is 5.88 Å². The Morgan fingerprint density at radius 2 is 2.15 bits per heavy atom. The lowest BCUT2D eigenvalue weighted by molar-refractivity contribution is 0.0964. The number of aromatic nitrogens is 1. The van der Waals surface area contributed by atoms with Crippen molar-refractivity contribution in [2.24, 2.45) is 0 Å². The molecule has 5 heteroatoms. The molecule has 0 saturated heterocycles. The second-order valence-corrected chi connectivity index (χ2v) is 5.45. The number of hydrogen-bond acceptors (Lipinski definition) is 4. The first-order chi connectivity index (χ1) is 9.79. The number of nitrogens with one attached hydrogen (secondary N) is 1. The molecule has 1 saturated carbocycles. The van der Waals surface area contributed by atoms with Gasteiger partial charge in [-0.1, -0.05) is 24.9 Å². The van der Waals surface area contributed by atoms with E-state index in [0.717, 1.165) is 25.1 Å². The maximum absolute atomic E-state index is 6.14. The average molecular weight is 299 g/mol. The third-order valence-electron chi connectivity index (χ3n) is 3.15. The van der Waals surface area contributed by atoms with E-state index in [9.17, 15) is 0 Å². The van der Waals surface area contributed by atoms with Gasteiger partial charge in [0.25, 0.3) is 0 Å². The molecule has 1 aromatic rings. The quantitative estimate of drug-likeness (QED) is 0.674. The summed E-state index contributed by atoms with van der Waals surface area (Å²) in [7, 11) is 0. The zero-order valence-corrected chi connectivity index (χ0v) is 12.8. The molecular formula is C15H23ClN2O2. The minimum Gasteiger partial charge on any atom is -0.475 e. The van der Waals surface area contributed by atoms with Crippen molar-refractivity contribution < 1.29 is 9.47 Å². The Labute approximate surface area is 125 Å². The molecule has 0 spiro atoms. The Bertz CT molecular complexity index is 411. The molecule has 0 amide bonds. The Hall–Kier alpha value is -0.840. The number of ether oxygens (including phenoxy) is 2. The SMILES string of the molecule is CCCCOCCOc1ccc(Cl)c(CNC2CC2)n1. The highest BCUT2D eigenvalue weighted by molar-refractivity contribution is 6.31. The van der Waals surface area contributed by atoms with Crippen LogP contribution in [-0.2, 0) is 11.3 Å². The predicted molar refractivity (Wildman–Crippen MR) is 80.3 cm³/mol. The fourth-order valence-corrected chi connectivity index (χ4v) is 1.92. The first kappa shape index (κ1) is 15.5. The Morgan fingerprint density at radius 3 is 2.90 bits per heavy atom. The molecule has 0 aromatic carbocycles. The summed E-state index contributed by atoms with van der Waals surface area (Å²) < 4.78 is 11.0.